The summed E-state index contributed by atoms with van der Waals surface area (Å²) in [6.07, 6.45) is -1.04. The van der Waals surface area contributed by atoms with Gasteiger partial charge in [-0.1, -0.05) is 29.3 Å². The highest BCUT2D eigenvalue weighted by atomic mass is 35.5. The third-order valence-corrected chi connectivity index (χ3v) is 3.48. The predicted molar refractivity (Wildman–Crippen MR) is 73.5 cm³/mol. The van der Waals surface area contributed by atoms with Gasteiger partial charge in [0.1, 0.15) is 17.7 Å². The number of rotatable bonds is 3. The van der Waals surface area contributed by atoms with E-state index >= 15 is 0 Å². The van der Waals surface area contributed by atoms with Gasteiger partial charge in [-0.25, -0.2) is 4.39 Å². The number of aliphatic hydroxyl groups excluding tert-OH is 1. The summed E-state index contributed by atoms with van der Waals surface area (Å²) in [4.78, 5) is 0. The van der Waals surface area contributed by atoms with Gasteiger partial charge in [-0.3, -0.25) is 0 Å². The van der Waals surface area contributed by atoms with Gasteiger partial charge in [-0.05, 0) is 35.9 Å². The third-order valence-electron chi connectivity index (χ3n) is 2.75. The molecule has 100 valence electrons. The van der Waals surface area contributed by atoms with Crippen molar-refractivity contribution >= 4 is 23.2 Å². The van der Waals surface area contributed by atoms with E-state index in [4.69, 9.17) is 27.9 Å². The molecular weight excluding hydrogens is 290 g/mol. The topological polar surface area (TPSA) is 29.5 Å². The summed E-state index contributed by atoms with van der Waals surface area (Å²) in [6, 6.07) is 8.71. The van der Waals surface area contributed by atoms with Gasteiger partial charge < -0.3 is 9.84 Å². The highest BCUT2D eigenvalue weighted by molar-refractivity contribution is 6.42. The van der Waals surface area contributed by atoms with Crippen LogP contribution in [0.1, 0.15) is 17.2 Å². The molecule has 1 N–H and O–H groups in total. The molecule has 0 saturated heterocycles. The van der Waals surface area contributed by atoms with Crippen molar-refractivity contribution in [2.24, 2.45) is 0 Å². The standard InChI is InChI=1S/C14H11Cl2FO2/c1-19-13-5-3-9(17)7-10(13)14(18)8-2-4-11(15)12(16)6-8/h2-7,14,18H,1H3. The van der Waals surface area contributed by atoms with Gasteiger partial charge in [0, 0.05) is 5.56 Å². The molecule has 1 atom stereocenters. The Morgan fingerprint density at radius 3 is 2.47 bits per heavy atom. The average molecular weight is 301 g/mol. The van der Waals surface area contributed by atoms with E-state index in [1.807, 2.05) is 0 Å². The molecule has 5 heteroatoms. The van der Waals surface area contributed by atoms with Gasteiger partial charge in [0.05, 0.1) is 17.2 Å². The molecule has 0 radical (unpaired) electrons. The van der Waals surface area contributed by atoms with Crippen LogP contribution in [0.25, 0.3) is 0 Å². The lowest BCUT2D eigenvalue weighted by atomic mass is 10.0. The number of halogens is 3. The van der Waals surface area contributed by atoms with E-state index in [1.54, 1.807) is 18.2 Å². The van der Waals surface area contributed by atoms with Crippen LogP contribution < -0.4 is 4.74 Å². The Kier molecular flexibility index (Phi) is 4.30. The molecule has 0 aromatic heterocycles. The molecule has 0 aliphatic carbocycles. The third kappa shape index (κ3) is 3.00. The molecule has 2 aromatic rings. The van der Waals surface area contributed by atoms with Gasteiger partial charge in [0.2, 0.25) is 0 Å². The molecule has 19 heavy (non-hydrogen) atoms. The van der Waals surface area contributed by atoms with Crippen LogP contribution in [-0.4, -0.2) is 12.2 Å². The number of aliphatic hydroxyl groups is 1. The first-order valence-corrected chi connectivity index (χ1v) is 6.25. The van der Waals surface area contributed by atoms with E-state index in [-0.39, 0.29) is 0 Å². The largest absolute Gasteiger partial charge is 0.496 e. The van der Waals surface area contributed by atoms with Gasteiger partial charge in [-0.15, -0.1) is 0 Å². The highest BCUT2D eigenvalue weighted by Crippen LogP contribution is 2.33. The van der Waals surface area contributed by atoms with Crippen molar-refractivity contribution < 1.29 is 14.2 Å². The predicted octanol–water partition coefficient (Wildman–Crippen LogP) is 4.22. The molecule has 0 spiro atoms. The number of methoxy groups -OCH3 is 1. The first kappa shape index (κ1) is 14.1. The number of hydrogen-bond donors (Lipinski definition) is 1. The van der Waals surface area contributed by atoms with Crippen molar-refractivity contribution in [3.8, 4) is 5.75 Å². The molecule has 1 unspecified atom stereocenters. The van der Waals surface area contributed by atoms with E-state index in [9.17, 15) is 9.50 Å². The Labute approximate surface area is 120 Å². The van der Waals surface area contributed by atoms with Crippen LogP contribution in [0.2, 0.25) is 10.0 Å². The lowest BCUT2D eigenvalue weighted by Crippen LogP contribution is -2.03. The summed E-state index contributed by atoms with van der Waals surface area (Å²) in [7, 11) is 1.46. The first-order valence-electron chi connectivity index (χ1n) is 5.49. The van der Waals surface area contributed by atoms with Gasteiger partial charge in [0.25, 0.3) is 0 Å². The summed E-state index contributed by atoms with van der Waals surface area (Å²) in [5.74, 6) is -0.0464. The normalized spacial score (nSPS) is 12.3. The SMILES string of the molecule is COc1ccc(F)cc1C(O)c1ccc(Cl)c(Cl)c1. The van der Waals surface area contributed by atoms with Crippen molar-refractivity contribution in [1.82, 2.24) is 0 Å². The maximum atomic E-state index is 13.3. The smallest absolute Gasteiger partial charge is 0.125 e. The second kappa shape index (κ2) is 5.78. The van der Waals surface area contributed by atoms with Gasteiger partial charge >= 0.3 is 0 Å². The van der Waals surface area contributed by atoms with Gasteiger partial charge in [0.15, 0.2) is 0 Å². The fourth-order valence-electron chi connectivity index (χ4n) is 1.78. The van der Waals surface area contributed by atoms with E-state index in [0.29, 0.717) is 26.9 Å². The quantitative estimate of drug-likeness (QED) is 0.919. The number of hydrogen-bond acceptors (Lipinski definition) is 2. The summed E-state index contributed by atoms with van der Waals surface area (Å²) in [6.45, 7) is 0. The fourth-order valence-corrected chi connectivity index (χ4v) is 2.09. The molecule has 2 nitrogen and oxygen atoms in total. The molecule has 0 fully saturated rings. The number of ether oxygens (including phenoxy) is 1. The zero-order chi connectivity index (χ0) is 14.0. The maximum absolute atomic E-state index is 13.3. The number of benzene rings is 2. The monoisotopic (exact) mass is 300 g/mol. The minimum atomic E-state index is -1.04. The summed E-state index contributed by atoms with van der Waals surface area (Å²) < 4.78 is 18.4. The van der Waals surface area contributed by atoms with Crippen LogP contribution >= 0.6 is 23.2 Å². The van der Waals surface area contributed by atoms with Gasteiger partial charge in [-0.2, -0.15) is 0 Å². The summed E-state index contributed by atoms with van der Waals surface area (Å²) >= 11 is 11.7. The molecule has 0 aliphatic rings. The second-order valence-electron chi connectivity index (χ2n) is 3.96. The lowest BCUT2D eigenvalue weighted by Gasteiger charge is -2.15. The zero-order valence-electron chi connectivity index (χ0n) is 10.0. The summed E-state index contributed by atoms with van der Waals surface area (Å²) in [5.41, 5.74) is 0.846. The van der Waals surface area contributed by atoms with Crippen molar-refractivity contribution in [2.75, 3.05) is 7.11 Å². The molecule has 0 aliphatic heterocycles. The maximum Gasteiger partial charge on any atom is 0.125 e. The van der Waals surface area contributed by atoms with Crippen molar-refractivity contribution in [1.29, 1.82) is 0 Å². The Morgan fingerprint density at radius 1 is 1.11 bits per heavy atom. The Hall–Kier alpha value is -1.29. The fraction of sp³-hybridized carbons (Fsp3) is 0.143. The van der Waals surface area contributed by atoms with E-state index in [0.717, 1.165) is 0 Å². The Balaban J connectivity index is 2.45. The molecule has 0 saturated carbocycles. The van der Waals surface area contributed by atoms with Crippen LogP contribution in [0.15, 0.2) is 36.4 Å². The average Bonchev–Trinajstić information content (AvgIpc) is 2.41. The molecule has 0 amide bonds. The Bertz CT molecular complexity index is 602. The van der Waals surface area contributed by atoms with Crippen LogP contribution in [0.3, 0.4) is 0 Å². The molecular formula is C14H11Cl2FO2. The lowest BCUT2D eigenvalue weighted by molar-refractivity contribution is 0.214. The molecule has 0 bridgehead atoms. The Morgan fingerprint density at radius 2 is 1.84 bits per heavy atom. The first-order chi connectivity index (χ1) is 9.02. The van der Waals surface area contributed by atoms with Crippen molar-refractivity contribution in [2.45, 2.75) is 6.10 Å². The van der Waals surface area contributed by atoms with E-state index in [2.05, 4.69) is 0 Å². The molecule has 0 heterocycles. The van der Waals surface area contributed by atoms with Crippen LogP contribution in [0.5, 0.6) is 5.75 Å². The molecule has 2 rings (SSSR count). The highest BCUT2D eigenvalue weighted by Gasteiger charge is 2.17. The van der Waals surface area contributed by atoms with Crippen LogP contribution in [-0.2, 0) is 0 Å². The molecule has 2 aromatic carbocycles. The zero-order valence-corrected chi connectivity index (χ0v) is 11.5. The second-order valence-corrected chi connectivity index (χ2v) is 4.78. The minimum absolute atomic E-state index is 0.327. The summed E-state index contributed by atoms with van der Waals surface area (Å²) in [5, 5.41) is 11.0. The minimum Gasteiger partial charge on any atom is -0.496 e. The van der Waals surface area contributed by atoms with E-state index < -0.39 is 11.9 Å². The van der Waals surface area contributed by atoms with Crippen LogP contribution in [0.4, 0.5) is 4.39 Å². The van der Waals surface area contributed by atoms with Crippen molar-refractivity contribution in [3.05, 3.63) is 63.4 Å². The van der Waals surface area contributed by atoms with E-state index in [1.165, 1.54) is 25.3 Å². The van der Waals surface area contributed by atoms with Crippen molar-refractivity contribution in [3.63, 3.8) is 0 Å². The van der Waals surface area contributed by atoms with Crippen LogP contribution in [0, 0.1) is 5.82 Å².